The molecule has 0 spiro atoms. The van der Waals surface area contributed by atoms with E-state index in [4.69, 9.17) is 9.47 Å². The molecule has 0 radical (unpaired) electrons. The molecule has 9 nitrogen and oxygen atoms in total. The number of unbranched alkanes of at least 4 members (excludes halogenated alkanes) is 14. The van der Waals surface area contributed by atoms with Gasteiger partial charge in [0.2, 0.25) is 11.6 Å². The van der Waals surface area contributed by atoms with Crippen molar-refractivity contribution >= 4 is 34.8 Å². The number of carbonyl (C=O) groups excluding carboxylic acids is 4. The highest BCUT2D eigenvalue weighted by Crippen LogP contribution is 2.27. The molecule has 1 aliphatic heterocycles. The van der Waals surface area contributed by atoms with Gasteiger partial charge in [-0.2, -0.15) is 0 Å². The zero-order chi connectivity index (χ0) is 34.1. The second-order valence-electron chi connectivity index (χ2n) is 12.8. The number of carbonyl (C=O) groups is 4. The van der Waals surface area contributed by atoms with Gasteiger partial charge >= 0.3 is 6.09 Å². The maximum absolute atomic E-state index is 12.9. The Bertz CT molecular complexity index is 1050. The summed E-state index contributed by atoms with van der Waals surface area (Å²) in [6, 6.07) is 5.68. The van der Waals surface area contributed by atoms with Crippen molar-refractivity contribution < 1.29 is 33.2 Å². The molecule has 0 bridgehead atoms. The number of aryl methyl sites for hydroxylation is 1. The van der Waals surface area contributed by atoms with Crippen molar-refractivity contribution in [1.29, 1.82) is 0 Å². The standard InChI is InChI=1S/C37H61N3O6S/c1-4-39-27-21-19-24-33(39)29-40(32(3)42)37(44)46-30-34-35(25-22-28-45-34)47-36(43)38-26-20-17-15-13-11-9-7-5-6-8-10-12-14-16-18-23-31(2)41/h19,21,24,27,34-35H,4-18,20,22-23,25-26,28-30H2,1-3H3/p+1/t34-,35-/m0/s1. The summed E-state index contributed by atoms with van der Waals surface area (Å²) < 4.78 is 13.4. The molecule has 2 heterocycles. The molecule has 1 saturated heterocycles. The van der Waals surface area contributed by atoms with Crippen LogP contribution in [-0.2, 0) is 32.2 Å². The molecule has 2 rings (SSSR count). The van der Waals surface area contributed by atoms with Gasteiger partial charge in [0.25, 0.3) is 5.24 Å². The number of ether oxygens (including phenoxy) is 2. The van der Waals surface area contributed by atoms with Gasteiger partial charge in [-0.25, -0.2) is 14.3 Å². The number of hydrogen-bond donors (Lipinski definition) is 1. The van der Waals surface area contributed by atoms with E-state index in [1.165, 1.54) is 95.7 Å². The van der Waals surface area contributed by atoms with Gasteiger partial charge in [0.1, 0.15) is 31.6 Å². The van der Waals surface area contributed by atoms with E-state index in [1.807, 2.05) is 35.9 Å². The molecular weight excluding hydrogens is 614 g/mol. The Morgan fingerprint density at radius 2 is 1.49 bits per heavy atom. The van der Waals surface area contributed by atoms with Crippen LogP contribution in [-0.4, -0.2) is 59.0 Å². The number of ketones is 1. The maximum Gasteiger partial charge on any atom is 0.417 e. The van der Waals surface area contributed by atoms with E-state index in [1.54, 1.807) is 6.92 Å². The number of Topliss-reactive ketones (excluding diaryl/α,β-unsaturated/α-hetero) is 1. The third kappa shape index (κ3) is 18.6. The lowest BCUT2D eigenvalue weighted by Gasteiger charge is -2.30. The fourth-order valence-corrected chi connectivity index (χ4v) is 6.98. The van der Waals surface area contributed by atoms with Crippen molar-refractivity contribution in [2.75, 3.05) is 19.8 Å². The number of thioether (sulfide) groups is 1. The first-order valence-electron chi connectivity index (χ1n) is 18.3. The maximum atomic E-state index is 12.9. The Labute approximate surface area is 288 Å². The molecule has 1 aromatic heterocycles. The third-order valence-electron chi connectivity index (χ3n) is 8.78. The highest BCUT2D eigenvalue weighted by Gasteiger charge is 2.31. The number of amides is 3. The van der Waals surface area contributed by atoms with Gasteiger partial charge in [-0.1, -0.05) is 101 Å². The fraction of sp³-hybridized carbons (Fsp3) is 0.757. The molecule has 1 aliphatic rings. The molecule has 2 atom stereocenters. The first-order valence-corrected chi connectivity index (χ1v) is 19.2. The topological polar surface area (TPSA) is 106 Å². The van der Waals surface area contributed by atoms with Crippen molar-refractivity contribution in [1.82, 2.24) is 10.2 Å². The molecule has 1 N–H and O–H groups in total. The lowest BCUT2D eigenvalue weighted by molar-refractivity contribution is -0.701. The van der Waals surface area contributed by atoms with Crippen LogP contribution < -0.4 is 9.88 Å². The normalized spacial score (nSPS) is 16.1. The van der Waals surface area contributed by atoms with Crippen molar-refractivity contribution in [3.8, 4) is 0 Å². The molecule has 0 aliphatic carbocycles. The predicted molar refractivity (Wildman–Crippen MR) is 188 cm³/mol. The summed E-state index contributed by atoms with van der Waals surface area (Å²) in [6.45, 7) is 7.12. The molecule has 266 valence electrons. The van der Waals surface area contributed by atoms with Crippen molar-refractivity contribution in [2.24, 2.45) is 0 Å². The third-order valence-corrected chi connectivity index (χ3v) is 9.98. The second-order valence-corrected chi connectivity index (χ2v) is 14.0. The van der Waals surface area contributed by atoms with Gasteiger partial charge in [0.05, 0.1) is 0 Å². The molecule has 0 saturated carbocycles. The van der Waals surface area contributed by atoms with Crippen LogP contribution in [0, 0.1) is 0 Å². The molecule has 3 amide bonds. The number of nitrogens with one attached hydrogen (secondary N) is 1. The summed E-state index contributed by atoms with van der Waals surface area (Å²) in [7, 11) is 0. The monoisotopic (exact) mass is 676 g/mol. The number of nitrogens with zero attached hydrogens (tertiary/aromatic N) is 2. The average Bonchev–Trinajstić information content (AvgIpc) is 3.06. The zero-order valence-corrected chi connectivity index (χ0v) is 30.3. The Balaban J connectivity index is 1.52. The highest BCUT2D eigenvalue weighted by atomic mass is 32.2. The van der Waals surface area contributed by atoms with Crippen LogP contribution in [0.1, 0.15) is 142 Å². The molecular formula is C37H62N3O6S+. The number of aromatic nitrogens is 1. The highest BCUT2D eigenvalue weighted by molar-refractivity contribution is 8.14. The smallest absolute Gasteiger partial charge is 0.417 e. The lowest BCUT2D eigenvalue weighted by atomic mass is 10.0. The molecule has 0 unspecified atom stereocenters. The quantitative estimate of drug-likeness (QED) is 0.0867. The summed E-state index contributed by atoms with van der Waals surface area (Å²) in [6.07, 6.45) is 21.9. The fourth-order valence-electron chi connectivity index (χ4n) is 5.93. The van der Waals surface area contributed by atoms with Gasteiger partial charge in [-0.05, 0) is 39.5 Å². The summed E-state index contributed by atoms with van der Waals surface area (Å²) >= 11 is 1.23. The zero-order valence-electron chi connectivity index (χ0n) is 29.5. The molecule has 10 heteroatoms. The van der Waals surface area contributed by atoms with Crippen LogP contribution in [0.2, 0.25) is 0 Å². The van der Waals surface area contributed by atoms with Gasteiger partial charge in [0.15, 0.2) is 6.20 Å². The molecule has 1 aromatic rings. The predicted octanol–water partition coefficient (Wildman–Crippen LogP) is 8.30. The summed E-state index contributed by atoms with van der Waals surface area (Å²) in [5.41, 5.74) is 0.837. The Morgan fingerprint density at radius 1 is 0.894 bits per heavy atom. The van der Waals surface area contributed by atoms with Crippen LogP contribution in [0.4, 0.5) is 9.59 Å². The summed E-state index contributed by atoms with van der Waals surface area (Å²) in [4.78, 5) is 49.9. The van der Waals surface area contributed by atoms with E-state index < -0.39 is 12.2 Å². The van der Waals surface area contributed by atoms with Crippen molar-refractivity contribution in [2.45, 2.75) is 161 Å². The van der Waals surface area contributed by atoms with Crippen LogP contribution in [0.5, 0.6) is 0 Å². The van der Waals surface area contributed by atoms with E-state index in [2.05, 4.69) is 5.32 Å². The van der Waals surface area contributed by atoms with E-state index in [0.29, 0.717) is 18.9 Å². The molecule has 47 heavy (non-hydrogen) atoms. The van der Waals surface area contributed by atoms with E-state index in [-0.39, 0.29) is 29.5 Å². The minimum atomic E-state index is -0.702. The van der Waals surface area contributed by atoms with E-state index in [0.717, 1.165) is 55.7 Å². The first-order chi connectivity index (χ1) is 22.8. The number of pyridine rings is 1. The van der Waals surface area contributed by atoms with Gasteiger partial charge in [-0.15, -0.1) is 0 Å². The Hall–Kier alpha value is -2.46. The number of hydrogen-bond acceptors (Lipinski definition) is 7. The number of imide groups is 1. The van der Waals surface area contributed by atoms with Crippen LogP contribution in [0.3, 0.4) is 0 Å². The number of rotatable bonds is 24. The summed E-state index contributed by atoms with van der Waals surface area (Å²) in [5.74, 6) is -0.0717. The van der Waals surface area contributed by atoms with Crippen LogP contribution in [0.15, 0.2) is 24.4 Å². The van der Waals surface area contributed by atoms with E-state index in [9.17, 15) is 19.2 Å². The van der Waals surface area contributed by atoms with Crippen LogP contribution in [0.25, 0.3) is 0 Å². The lowest BCUT2D eigenvalue weighted by Crippen LogP contribution is -2.44. The minimum absolute atomic E-state index is 0.000158. The Morgan fingerprint density at radius 3 is 2.06 bits per heavy atom. The van der Waals surface area contributed by atoms with E-state index >= 15 is 0 Å². The summed E-state index contributed by atoms with van der Waals surface area (Å²) in [5, 5.41) is 2.86. The van der Waals surface area contributed by atoms with Crippen LogP contribution >= 0.6 is 11.8 Å². The Kier molecular flexibility index (Phi) is 22.1. The van der Waals surface area contributed by atoms with Gasteiger partial charge < -0.3 is 19.6 Å². The largest absolute Gasteiger partial charge is 0.446 e. The molecule has 1 fully saturated rings. The minimum Gasteiger partial charge on any atom is -0.446 e. The SMILES string of the molecule is CC[n+]1ccccc1CN(C(C)=O)C(=O)OC[C@@H]1OCCC[C@@H]1SC(=O)NCCCCCCCCCCCCCCCCCC(C)=O. The molecule has 0 aromatic carbocycles. The first kappa shape index (κ1) is 40.7. The van der Waals surface area contributed by atoms with Gasteiger partial charge in [0, 0.05) is 43.9 Å². The second kappa shape index (κ2) is 25.5. The van der Waals surface area contributed by atoms with Crippen molar-refractivity contribution in [3.05, 3.63) is 30.1 Å². The average molecular weight is 677 g/mol. The van der Waals surface area contributed by atoms with Crippen molar-refractivity contribution in [3.63, 3.8) is 0 Å². The van der Waals surface area contributed by atoms with Gasteiger partial charge in [-0.3, -0.25) is 9.59 Å².